The Balaban J connectivity index is 2.14. The monoisotopic (exact) mass is 341 g/mol. The molecule has 2 atom stereocenters. The number of halogens is 1. The number of ether oxygens (including phenoxy) is 1. The molecule has 2 rings (SSSR count). The Hall–Kier alpha value is -1.56. The van der Waals surface area contributed by atoms with E-state index in [1.165, 1.54) is 7.11 Å². The molecular weight excluding hydrogens is 326 g/mol. The first kappa shape index (κ1) is 14.8. The van der Waals surface area contributed by atoms with Crippen LogP contribution in [0.15, 0.2) is 22.7 Å². The molecular formula is C14H16BrNO4. The minimum Gasteiger partial charge on any atom is -0.497 e. The minimum absolute atomic E-state index is 0.283. The van der Waals surface area contributed by atoms with Gasteiger partial charge in [-0.2, -0.15) is 0 Å². The van der Waals surface area contributed by atoms with Crippen LogP contribution in [-0.4, -0.2) is 30.1 Å². The smallest absolute Gasteiger partial charge is 0.308 e. The fourth-order valence-electron chi connectivity index (χ4n) is 2.48. The topological polar surface area (TPSA) is 75.6 Å². The van der Waals surface area contributed by atoms with E-state index < -0.39 is 11.9 Å². The lowest BCUT2D eigenvalue weighted by Gasteiger charge is -2.18. The fraction of sp³-hybridized carbons (Fsp3) is 0.429. The zero-order valence-corrected chi connectivity index (χ0v) is 12.6. The lowest BCUT2D eigenvalue weighted by molar-refractivity contribution is -0.142. The van der Waals surface area contributed by atoms with Gasteiger partial charge in [0, 0.05) is 10.5 Å². The molecule has 1 aliphatic carbocycles. The molecule has 20 heavy (non-hydrogen) atoms. The van der Waals surface area contributed by atoms with Gasteiger partial charge in [-0.25, -0.2) is 0 Å². The van der Waals surface area contributed by atoms with Crippen LogP contribution in [0.3, 0.4) is 0 Å². The van der Waals surface area contributed by atoms with Gasteiger partial charge < -0.3 is 15.2 Å². The molecule has 0 bridgehead atoms. The third-order valence-electron chi connectivity index (χ3n) is 3.57. The third-order valence-corrected chi connectivity index (χ3v) is 4.26. The Morgan fingerprint density at radius 2 is 2.15 bits per heavy atom. The summed E-state index contributed by atoms with van der Waals surface area (Å²) in [6.07, 6.45) is 2.13. The molecule has 1 aromatic carbocycles. The van der Waals surface area contributed by atoms with Crippen LogP contribution in [0, 0.1) is 5.92 Å². The highest BCUT2D eigenvalue weighted by molar-refractivity contribution is 9.10. The number of carbonyl (C=O) groups is 2. The van der Waals surface area contributed by atoms with Gasteiger partial charge in [-0.3, -0.25) is 9.59 Å². The van der Waals surface area contributed by atoms with Crippen molar-refractivity contribution in [2.75, 3.05) is 7.11 Å². The summed E-state index contributed by atoms with van der Waals surface area (Å²) >= 11 is 3.32. The highest BCUT2D eigenvalue weighted by atomic mass is 79.9. The van der Waals surface area contributed by atoms with Crippen molar-refractivity contribution in [3.8, 4) is 5.75 Å². The summed E-state index contributed by atoms with van der Waals surface area (Å²) in [5.74, 6) is -1.05. The Morgan fingerprint density at radius 1 is 1.40 bits per heavy atom. The minimum atomic E-state index is -0.850. The molecule has 2 unspecified atom stereocenters. The average Bonchev–Trinajstić information content (AvgIpc) is 2.87. The molecule has 1 aliphatic rings. The number of benzene rings is 1. The van der Waals surface area contributed by atoms with Crippen LogP contribution >= 0.6 is 15.9 Å². The maximum absolute atomic E-state index is 12.3. The van der Waals surface area contributed by atoms with Crippen molar-refractivity contribution in [1.29, 1.82) is 0 Å². The van der Waals surface area contributed by atoms with Crippen molar-refractivity contribution in [3.63, 3.8) is 0 Å². The Kier molecular flexibility index (Phi) is 4.65. The van der Waals surface area contributed by atoms with Crippen molar-refractivity contribution in [1.82, 2.24) is 5.32 Å². The Bertz CT molecular complexity index is 532. The van der Waals surface area contributed by atoms with Gasteiger partial charge in [0.25, 0.3) is 5.91 Å². The number of carbonyl (C=O) groups excluding carboxylic acids is 1. The number of nitrogens with one attached hydrogen (secondary N) is 1. The fourth-order valence-corrected chi connectivity index (χ4v) is 2.91. The quantitative estimate of drug-likeness (QED) is 0.881. The van der Waals surface area contributed by atoms with Crippen molar-refractivity contribution in [2.24, 2.45) is 5.92 Å². The summed E-state index contributed by atoms with van der Waals surface area (Å²) in [7, 11) is 1.53. The zero-order valence-electron chi connectivity index (χ0n) is 11.1. The summed E-state index contributed by atoms with van der Waals surface area (Å²) in [4.78, 5) is 23.4. The second-order valence-electron chi connectivity index (χ2n) is 4.80. The molecule has 1 saturated carbocycles. The molecule has 0 heterocycles. The van der Waals surface area contributed by atoms with Crippen molar-refractivity contribution >= 4 is 27.8 Å². The van der Waals surface area contributed by atoms with Crippen LogP contribution in [-0.2, 0) is 4.79 Å². The summed E-state index contributed by atoms with van der Waals surface area (Å²) in [6.45, 7) is 0. The van der Waals surface area contributed by atoms with Crippen LogP contribution in [0.4, 0.5) is 0 Å². The lowest BCUT2D eigenvalue weighted by Crippen LogP contribution is -2.40. The van der Waals surface area contributed by atoms with E-state index in [4.69, 9.17) is 9.84 Å². The number of hydrogen-bond donors (Lipinski definition) is 2. The third kappa shape index (κ3) is 3.12. The zero-order chi connectivity index (χ0) is 14.7. The van der Waals surface area contributed by atoms with Crippen LogP contribution in [0.5, 0.6) is 5.75 Å². The normalized spacial score (nSPS) is 21.5. The maximum Gasteiger partial charge on any atom is 0.308 e. The van der Waals surface area contributed by atoms with E-state index in [0.29, 0.717) is 28.6 Å². The van der Waals surface area contributed by atoms with E-state index in [0.717, 1.165) is 6.42 Å². The van der Waals surface area contributed by atoms with Crippen molar-refractivity contribution in [2.45, 2.75) is 25.3 Å². The van der Waals surface area contributed by atoms with Gasteiger partial charge in [-0.05, 0) is 47.0 Å². The lowest BCUT2D eigenvalue weighted by atomic mass is 10.0. The molecule has 0 radical (unpaired) electrons. The average molecular weight is 342 g/mol. The molecule has 1 fully saturated rings. The van der Waals surface area contributed by atoms with Crippen LogP contribution in [0.1, 0.15) is 29.6 Å². The van der Waals surface area contributed by atoms with Crippen LogP contribution < -0.4 is 10.1 Å². The van der Waals surface area contributed by atoms with Gasteiger partial charge >= 0.3 is 5.97 Å². The highest BCUT2D eigenvalue weighted by Crippen LogP contribution is 2.27. The van der Waals surface area contributed by atoms with Gasteiger partial charge in [0.05, 0.1) is 18.6 Å². The molecule has 5 nitrogen and oxygen atoms in total. The standard InChI is InChI=1S/C14H16BrNO4/c1-20-8-5-6-11(15)10(7-8)13(17)16-12-4-2-3-9(12)14(18)19/h5-7,9,12H,2-4H2,1H3,(H,16,17)(H,18,19). The summed E-state index contributed by atoms with van der Waals surface area (Å²) in [6, 6.07) is 4.80. The molecule has 0 aromatic heterocycles. The number of methoxy groups -OCH3 is 1. The molecule has 2 N–H and O–H groups in total. The van der Waals surface area contributed by atoms with Gasteiger partial charge in [-0.1, -0.05) is 6.42 Å². The largest absolute Gasteiger partial charge is 0.497 e. The van der Waals surface area contributed by atoms with E-state index >= 15 is 0 Å². The number of carboxylic acid groups (broad SMARTS) is 1. The van der Waals surface area contributed by atoms with Crippen molar-refractivity contribution < 1.29 is 19.4 Å². The summed E-state index contributed by atoms with van der Waals surface area (Å²) < 4.78 is 5.75. The molecule has 0 aliphatic heterocycles. The second kappa shape index (κ2) is 6.26. The molecule has 108 valence electrons. The predicted molar refractivity (Wildman–Crippen MR) is 76.9 cm³/mol. The first-order chi connectivity index (χ1) is 9.52. The molecule has 1 aromatic rings. The Labute approximate surface area is 125 Å². The number of aliphatic carboxylic acids is 1. The summed E-state index contributed by atoms with van der Waals surface area (Å²) in [5, 5.41) is 11.9. The SMILES string of the molecule is COc1ccc(Br)c(C(=O)NC2CCCC2C(=O)O)c1. The number of hydrogen-bond acceptors (Lipinski definition) is 3. The Morgan fingerprint density at radius 3 is 2.80 bits per heavy atom. The highest BCUT2D eigenvalue weighted by Gasteiger charge is 2.34. The first-order valence-corrected chi connectivity index (χ1v) is 7.19. The van der Waals surface area contributed by atoms with Gasteiger partial charge in [0.1, 0.15) is 5.75 Å². The van der Waals surface area contributed by atoms with Gasteiger partial charge in [0.15, 0.2) is 0 Å². The van der Waals surface area contributed by atoms with E-state index in [2.05, 4.69) is 21.2 Å². The van der Waals surface area contributed by atoms with Crippen LogP contribution in [0.25, 0.3) is 0 Å². The number of carboxylic acids is 1. The molecule has 6 heteroatoms. The molecule has 1 amide bonds. The van der Waals surface area contributed by atoms with E-state index in [1.54, 1.807) is 18.2 Å². The van der Waals surface area contributed by atoms with E-state index in [9.17, 15) is 9.59 Å². The second-order valence-corrected chi connectivity index (χ2v) is 5.66. The van der Waals surface area contributed by atoms with E-state index in [-0.39, 0.29) is 11.9 Å². The van der Waals surface area contributed by atoms with Crippen LogP contribution in [0.2, 0.25) is 0 Å². The number of amides is 1. The van der Waals surface area contributed by atoms with E-state index in [1.807, 2.05) is 0 Å². The van der Waals surface area contributed by atoms with Crippen molar-refractivity contribution in [3.05, 3.63) is 28.2 Å². The molecule has 0 spiro atoms. The predicted octanol–water partition coefficient (Wildman–Crippen LogP) is 2.44. The number of rotatable bonds is 4. The summed E-state index contributed by atoms with van der Waals surface area (Å²) in [5.41, 5.74) is 0.445. The van der Waals surface area contributed by atoms with Gasteiger partial charge in [-0.15, -0.1) is 0 Å². The molecule has 0 saturated heterocycles. The van der Waals surface area contributed by atoms with Gasteiger partial charge in [0.2, 0.25) is 0 Å². The first-order valence-electron chi connectivity index (χ1n) is 6.40. The maximum atomic E-state index is 12.3.